The first-order chi connectivity index (χ1) is 10.6. The average molecular weight is 304 g/mol. The van der Waals surface area contributed by atoms with E-state index in [9.17, 15) is 4.79 Å². The van der Waals surface area contributed by atoms with Crippen LogP contribution in [-0.4, -0.2) is 40.7 Å². The summed E-state index contributed by atoms with van der Waals surface area (Å²) in [6, 6.07) is 3.81. The zero-order valence-corrected chi connectivity index (χ0v) is 13.5. The molecule has 120 valence electrons. The molecule has 5 nitrogen and oxygen atoms in total. The number of aromatic nitrogens is 1. The number of amides is 1. The summed E-state index contributed by atoms with van der Waals surface area (Å²) in [7, 11) is 0. The van der Waals surface area contributed by atoms with E-state index in [1.165, 1.54) is 0 Å². The van der Waals surface area contributed by atoms with Crippen molar-refractivity contribution in [3.8, 4) is 0 Å². The molecule has 5 heteroatoms. The van der Waals surface area contributed by atoms with E-state index in [-0.39, 0.29) is 18.1 Å². The molecule has 2 aromatic rings. The number of morpholine rings is 1. The van der Waals surface area contributed by atoms with Gasteiger partial charge in [0, 0.05) is 31.8 Å². The van der Waals surface area contributed by atoms with Crippen LogP contribution >= 0.6 is 0 Å². The highest BCUT2D eigenvalue weighted by molar-refractivity contribution is 5.97. The van der Waals surface area contributed by atoms with Gasteiger partial charge in [-0.05, 0) is 20.3 Å². The van der Waals surface area contributed by atoms with Gasteiger partial charge in [-0.1, -0.05) is 13.3 Å². The van der Waals surface area contributed by atoms with E-state index < -0.39 is 0 Å². The topological polar surface area (TPSA) is 47.6 Å². The molecule has 2 unspecified atom stereocenters. The van der Waals surface area contributed by atoms with Gasteiger partial charge in [0.1, 0.15) is 5.69 Å². The molecule has 0 N–H and O–H groups in total. The molecule has 0 aliphatic carbocycles. The van der Waals surface area contributed by atoms with Gasteiger partial charge in [0.15, 0.2) is 5.58 Å². The van der Waals surface area contributed by atoms with E-state index in [1.54, 1.807) is 6.26 Å². The number of carbonyl (C=O) groups excluding carboxylic acids is 1. The average Bonchev–Trinajstić information content (AvgIpc) is 3.04. The van der Waals surface area contributed by atoms with Crippen LogP contribution in [0.25, 0.3) is 11.1 Å². The fourth-order valence-electron chi connectivity index (χ4n) is 3.22. The van der Waals surface area contributed by atoms with Crippen LogP contribution in [0.3, 0.4) is 0 Å². The minimum Gasteiger partial charge on any atom is -0.463 e. The predicted molar refractivity (Wildman–Crippen MR) is 85.0 cm³/mol. The van der Waals surface area contributed by atoms with Crippen molar-refractivity contribution in [2.45, 2.75) is 52.4 Å². The monoisotopic (exact) mass is 304 g/mol. The second-order valence-electron chi connectivity index (χ2n) is 6.17. The van der Waals surface area contributed by atoms with Crippen LogP contribution in [0.1, 0.15) is 44.1 Å². The Morgan fingerprint density at radius 3 is 2.73 bits per heavy atom. The lowest BCUT2D eigenvalue weighted by molar-refractivity contribution is -0.0588. The van der Waals surface area contributed by atoms with E-state index >= 15 is 0 Å². The Morgan fingerprint density at radius 2 is 2.05 bits per heavy atom. The summed E-state index contributed by atoms with van der Waals surface area (Å²) in [5.74, 6) is 0.0736. The maximum Gasteiger partial charge on any atom is 0.270 e. The fraction of sp³-hybridized carbons (Fsp3) is 0.588. The molecule has 22 heavy (non-hydrogen) atoms. The third kappa shape index (κ3) is 2.77. The van der Waals surface area contributed by atoms with Gasteiger partial charge in [-0.2, -0.15) is 0 Å². The van der Waals surface area contributed by atoms with Crippen molar-refractivity contribution in [2.75, 3.05) is 13.1 Å². The summed E-state index contributed by atoms with van der Waals surface area (Å²) in [4.78, 5) is 14.8. The molecule has 0 radical (unpaired) electrons. The highest BCUT2D eigenvalue weighted by atomic mass is 16.5. The number of furan rings is 1. The van der Waals surface area contributed by atoms with E-state index in [2.05, 4.69) is 11.5 Å². The number of hydrogen-bond acceptors (Lipinski definition) is 3. The Morgan fingerprint density at radius 1 is 1.32 bits per heavy atom. The van der Waals surface area contributed by atoms with Crippen LogP contribution in [-0.2, 0) is 11.3 Å². The minimum absolute atomic E-state index is 0.0736. The molecule has 1 saturated heterocycles. The summed E-state index contributed by atoms with van der Waals surface area (Å²) in [5, 5.41) is 0. The van der Waals surface area contributed by atoms with Gasteiger partial charge in [0.05, 0.1) is 24.0 Å². The summed E-state index contributed by atoms with van der Waals surface area (Å²) in [5.41, 5.74) is 2.52. The van der Waals surface area contributed by atoms with E-state index in [0.29, 0.717) is 13.1 Å². The molecule has 3 rings (SSSR count). The van der Waals surface area contributed by atoms with Gasteiger partial charge in [-0.25, -0.2) is 0 Å². The number of ether oxygens (including phenoxy) is 1. The standard InChI is InChI=1S/C17H24N2O3/c1-4-5-7-19-14-6-8-21-16(14)9-15(19)17(20)18-10-12(2)22-13(3)11-18/h6,8-9,12-13H,4-5,7,10-11H2,1-3H3. The molecule has 0 saturated carbocycles. The summed E-state index contributed by atoms with van der Waals surface area (Å²) < 4.78 is 13.3. The highest BCUT2D eigenvalue weighted by Crippen LogP contribution is 2.24. The molecule has 1 amide bonds. The Balaban J connectivity index is 1.91. The molecule has 0 bridgehead atoms. The third-order valence-electron chi connectivity index (χ3n) is 4.18. The molecule has 1 fully saturated rings. The Kier molecular flexibility index (Phi) is 4.25. The summed E-state index contributed by atoms with van der Waals surface area (Å²) >= 11 is 0. The molecular weight excluding hydrogens is 280 g/mol. The van der Waals surface area contributed by atoms with Crippen molar-refractivity contribution in [1.29, 1.82) is 0 Å². The third-order valence-corrected chi connectivity index (χ3v) is 4.18. The van der Waals surface area contributed by atoms with Crippen LogP contribution in [0, 0.1) is 0 Å². The van der Waals surface area contributed by atoms with Crippen molar-refractivity contribution >= 4 is 17.0 Å². The molecule has 3 heterocycles. The molecule has 1 aliphatic heterocycles. The first-order valence-electron chi connectivity index (χ1n) is 8.11. The van der Waals surface area contributed by atoms with Gasteiger partial charge < -0.3 is 18.6 Å². The van der Waals surface area contributed by atoms with Gasteiger partial charge in [0.25, 0.3) is 5.91 Å². The smallest absolute Gasteiger partial charge is 0.270 e. The van der Waals surface area contributed by atoms with Gasteiger partial charge >= 0.3 is 0 Å². The second kappa shape index (κ2) is 6.16. The van der Waals surface area contributed by atoms with Crippen LogP contribution in [0.15, 0.2) is 22.8 Å². The molecule has 0 aromatic carbocycles. The van der Waals surface area contributed by atoms with Gasteiger partial charge in [0.2, 0.25) is 0 Å². The van der Waals surface area contributed by atoms with Gasteiger partial charge in [-0.15, -0.1) is 0 Å². The number of unbranched alkanes of at least 4 members (excludes halogenated alkanes) is 1. The largest absolute Gasteiger partial charge is 0.463 e. The Bertz CT molecular complexity index is 648. The zero-order chi connectivity index (χ0) is 15.7. The maximum atomic E-state index is 13.0. The lowest BCUT2D eigenvalue weighted by atomic mass is 10.2. The Hall–Kier alpha value is -1.75. The quantitative estimate of drug-likeness (QED) is 0.871. The number of fused-ring (bicyclic) bond motifs is 1. The van der Waals surface area contributed by atoms with Crippen molar-refractivity contribution in [3.63, 3.8) is 0 Å². The van der Waals surface area contributed by atoms with Crippen molar-refractivity contribution in [1.82, 2.24) is 9.47 Å². The summed E-state index contributed by atoms with van der Waals surface area (Å²) in [6.07, 6.45) is 3.98. The minimum atomic E-state index is 0.0736. The van der Waals surface area contributed by atoms with Crippen LogP contribution in [0.2, 0.25) is 0 Å². The highest BCUT2D eigenvalue weighted by Gasteiger charge is 2.29. The van der Waals surface area contributed by atoms with Crippen LogP contribution in [0.4, 0.5) is 0 Å². The first kappa shape index (κ1) is 15.2. The van der Waals surface area contributed by atoms with E-state index in [0.717, 1.165) is 36.2 Å². The van der Waals surface area contributed by atoms with E-state index in [4.69, 9.17) is 9.15 Å². The second-order valence-corrected chi connectivity index (χ2v) is 6.17. The first-order valence-corrected chi connectivity index (χ1v) is 8.11. The van der Waals surface area contributed by atoms with Crippen LogP contribution < -0.4 is 0 Å². The number of carbonyl (C=O) groups is 1. The van der Waals surface area contributed by atoms with Gasteiger partial charge in [-0.3, -0.25) is 4.79 Å². The SMILES string of the molecule is CCCCn1c(C(=O)N2CC(C)OC(C)C2)cc2occc21. The number of aryl methyl sites for hydroxylation is 1. The molecule has 1 aliphatic rings. The van der Waals surface area contributed by atoms with E-state index in [1.807, 2.05) is 30.9 Å². The number of nitrogens with zero attached hydrogens (tertiary/aromatic N) is 2. The normalized spacial score (nSPS) is 22.4. The number of hydrogen-bond donors (Lipinski definition) is 0. The maximum absolute atomic E-state index is 13.0. The van der Waals surface area contributed by atoms with Crippen molar-refractivity contribution < 1.29 is 13.9 Å². The number of rotatable bonds is 4. The van der Waals surface area contributed by atoms with Crippen molar-refractivity contribution in [2.24, 2.45) is 0 Å². The molecule has 2 aromatic heterocycles. The zero-order valence-electron chi connectivity index (χ0n) is 13.5. The summed E-state index contributed by atoms with van der Waals surface area (Å²) in [6.45, 7) is 8.31. The predicted octanol–water partition coefficient (Wildman–Crippen LogP) is 3.28. The molecular formula is C17H24N2O3. The van der Waals surface area contributed by atoms with Crippen molar-refractivity contribution in [3.05, 3.63) is 24.1 Å². The molecule has 0 spiro atoms. The fourth-order valence-corrected chi connectivity index (χ4v) is 3.22. The Labute approximate surface area is 130 Å². The van der Waals surface area contributed by atoms with Crippen LogP contribution in [0.5, 0.6) is 0 Å². The lowest BCUT2D eigenvalue weighted by Gasteiger charge is -2.35. The lowest BCUT2D eigenvalue weighted by Crippen LogP contribution is -2.48. The molecule has 2 atom stereocenters.